The van der Waals surface area contributed by atoms with Crippen molar-refractivity contribution in [2.75, 3.05) is 25.1 Å². The molecule has 0 bridgehead atoms. The van der Waals surface area contributed by atoms with Gasteiger partial charge < -0.3 is 18.8 Å². The summed E-state index contributed by atoms with van der Waals surface area (Å²) >= 11 is 0. The summed E-state index contributed by atoms with van der Waals surface area (Å²) in [6.07, 6.45) is 2.67. The lowest BCUT2D eigenvalue weighted by atomic mass is 9.98. The second-order valence-corrected chi connectivity index (χ2v) is 12.5. The first-order chi connectivity index (χ1) is 11.2. The van der Waals surface area contributed by atoms with Crippen LogP contribution in [0.2, 0.25) is 18.1 Å². The van der Waals surface area contributed by atoms with Gasteiger partial charge in [0.05, 0.1) is 11.0 Å². The van der Waals surface area contributed by atoms with Crippen LogP contribution in [-0.2, 0) is 4.43 Å². The molecule has 1 radical (unpaired) electrons. The predicted octanol–water partition coefficient (Wildman–Crippen LogP) is 2.91. The van der Waals surface area contributed by atoms with Crippen molar-refractivity contribution in [2.45, 2.75) is 45.3 Å². The molecule has 0 unspecified atom stereocenters. The molecule has 0 saturated heterocycles. The molecule has 0 fully saturated rings. The van der Waals surface area contributed by atoms with Gasteiger partial charge in [-0.3, -0.25) is 0 Å². The fourth-order valence-corrected chi connectivity index (χ4v) is 3.38. The topological polar surface area (TPSA) is 58.7 Å². The first-order valence-electron chi connectivity index (χ1n) is 8.37. The van der Waals surface area contributed by atoms with E-state index in [-0.39, 0.29) is 5.04 Å². The van der Waals surface area contributed by atoms with Gasteiger partial charge in [-0.25, -0.2) is 4.98 Å². The van der Waals surface area contributed by atoms with Gasteiger partial charge >= 0.3 is 7.48 Å². The second-order valence-electron chi connectivity index (χ2n) is 7.71. The third-order valence-corrected chi connectivity index (χ3v) is 9.38. The Morgan fingerprint density at radius 2 is 2.08 bits per heavy atom. The molecule has 2 aromatic rings. The van der Waals surface area contributed by atoms with E-state index in [0.29, 0.717) is 5.66 Å². The molecular formula is C17H28BN2O3Si. The summed E-state index contributed by atoms with van der Waals surface area (Å²) in [6.45, 7) is 12.9. The number of rotatable bonds is 7. The van der Waals surface area contributed by atoms with E-state index in [1.54, 1.807) is 18.3 Å². The first kappa shape index (κ1) is 19.0. The molecule has 2 heterocycles. The smallest absolute Gasteiger partial charge is 0.373 e. The molecule has 2 rings (SSSR count). The van der Waals surface area contributed by atoms with Crippen LogP contribution in [0.4, 0.5) is 5.82 Å². The maximum absolute atomic E-state index is 9.12. The molecule has 0 aliphatic rings. The van der Waals surface area contributed by atoms with Gasteiger partial charge in [0.1, 0.15) is 11.4 Å². The van der Waals surface area contributed by atoms with Crippen molar-refractivity contribution in [3.63, 3.8) is 0 Å². The van der Waals surface area contributed by atoms with Crippen LogP contribution in [0.5, 0.6) is 0 Å². The van der Waals surface area contributed by atoms with Crippen molar-refractivity contribution in [3.8, 4) is 0 Å². The number of nitrogens with zero attached hydrogens (tertiary/aromatic N) is 2. The minimum absolute atomic E-state index is 0.236. The largest absolute Gasteiger partial charge is 0.468 e. The summed E-state index contributed by atoms with van der Waals surface area (Å²) in [5, 5.41) is 10.3. The number of fused-ring (bicyclic) bond motifs is 1. The van der Waals surface area contributed by atoms with Gasteiger partial charge in [0.2, 0.25) is 0 Å². The van der Waals surface area contributed by atoms with Crippen LogP contribution >= 0.6 is 0 Å². The molecule has 131 valence electrons. The summed E-state index contributed by atoms with van der Waals surface area (Å²) in [6, 6.07) is 3.61. The van der Waals surface area contributed by atoms with Crippen LogP contribution in [0.15, 0.2) is 22.7 Å². The Morgan fingerprint density at radius 3 is 2.71 bits per heavy atom. The van der Waals surface area contributed by atoms with E-state index in [9.17, 15) is 0 Å². The van der Waals surface area contributed by atoms with Gasteiger partial charge in [0.25, 0.3) is 0 Å². The Morgan fingerprint density at radius 1 is 1.38 bits per heavy atom. The van der Waals surface area contributed by atoms with Crippen molar-refractivity contribution in [2.24, 2.45) is 0 Å². The van der Waals surface area contributed by atoms with Crippen LogP contribution < -0.4 is 10.6 Å². The van der Waals surface area contributed by atoms with Gasteiger partial charge in [0, 0.05) is 26.4 Å². The molecule has 0 saturated carbocycles. The third-order valence-electron chi connectivity index (χ3n) is 4.84. The van der Waals surface area contributed by atoms with E-state index >= 15 is 0 Å². The number of anilines is 1. The average Bonchev–Trinajstić information content (AvgIpc) is 2.93. The Balaban J connectivity index is 1.96. The zero-order valence-corrected chi connectivity index (χ0v) is 16.6. The summed E-state index contributed by atoms with van der Waals surface area (Å²) in [5.41, 5.74) is 1.17. The molecule has 1 N–H and O–H groups in total. The minimum Gasteiger partial charge on any atom is -0.468 e. The fourth-order valence-electron chi connectivity index (χ4n) is 2.29. The summed E-state index contributed by atoms with van der Waals surface area (Å²) in [5.74, 6) is 0.858. The van der Waals surface area contributed by atoms with Crippen molar-refractivity contribution >= 4 is 38.2 Å². The monoisotopic (exact) mass is 347 g/mol. The van der Waals surface area contributed by atoms with Crippen molar-refractivity contribution in [1.82, 2.24) is 4.98 Å². The van der Waals surface area contributed by atoms with Gasteiger partial charge in [-0.05, 0) is 36.7 Å². The van der Waals surface area contributed by atoms with Crippen LogP contribution in [0.1, 0.15) is 27.2 Å². The molecular weight excluding hydrogens is 319 g/mol. The molecule has 0 spiro atoms. The Kier molecular flexibility index (Phi) is 5.78. The number of pyridine rings is 1. The highest BCUT2D eigenvalue weighted by molar-refractivity contribution is 6.74. The van der Waals surface area contributed by atoms with Gasteiger partial charge in [-0.15, -0.1) is 0 Å². The molecule has 0 amide bonds. The van der Waals surface area contributed by atoms with E-state index in [0.717, 1.165) is 43.8 Å². The maximum atomic E-state index is 9.12. The highest BCUT2D eigenvalue weighted by Crippen LogP contribution is 2.36. The quantitative estimate of drug-likeness (QED) is 0.616. The molecule has 0 aromatic carbocycles. The highest BCUT2D eigenvalue weighted by atomic mass is 28.4. The Hall–Kier alpha value is -1.31. The standard InChI is InChI=1S/C17H28BN2O3Si/c1-17(2,3)24(5,6)22-11-7-10-20(4)16-13-12-15(18-21)23-14(13)8-9-19-16/h8-9,12,21H,7,10-11H2,1-6H3. The molecule has 0 aliphatic heterocycles. The van der Waals surface area contributed by atoms with E-state index < -0.39 is 8.32 Å². The number of aromatic nitrogens is 1. The Bertz CT molecular complexity index is 682. The van der Waals surface area contributed by atoms with Crippen LogP contribution in [0.25, 0.3) is 11.0 Å². The lowest BCUT2D eigenvalue weighted by Crippen LogP contribution is -2.41. The second kappa shape index (κ2) is 7.29. The molecule has 0 aliphatic carbocycles. The molecule has 7 heteroatoms. The van der Waals surface area contributed by atoms with Crippen molar-refractivity contribution in [3.05, 3.63) is 18.3 Å². The van der Waals surface area contributed by atoms with Crippen molar-refractivity contribution in [1.29, 1.82) is 0 Å². The molecule has 2 aromatic heterocycles. The lowest BCUT2D eigenvalue weighted by Gasteiger charge is -2.36. The third kappa shape index (κ3) is 4.20. The fraction of sp³-hybridized carbons (Fsp3) is 0.588. The van der Waals surface area contributed by atoms with E-state index in [1.807, 2.05) is 7.05 Å². The number of hydrogen-bond acceptors (Lipinski definition) is 5. The minimum atomic E-state index is -1.68. The molecule has 5 nitrogen and oxygen atoms in total. The average molecular weight is 347 g/mol. The number of furan rings is 1. The molecule has 24 heavy (non-hydrogen) atoms. The lowest BCUT2D eigenvalue weighted by molar-refractivity contribution is 0.284. The highest BCUT2D eigenvalue weighted by Gasteiger charge is 2.36. The first-order valence-corrected chi connectivity index (χ1v) is 11.3. The van der Waals surface area contributed by atoms with Crippen LogP contribution in [-0.4, -0.2) is 46.0 Å². The summed E-state index contributed by atoms with van der Waals surface area (Å²) in [7, 11) is 1.30. The maximum Gasteiger partial charge on any atom is 0.373 e. The summed E-state index contributed by atoms with van der Waals surface area (Å²) < 4.78 is 11.7. The van der Waals surface area contributed by atoms with Gasteiger partial charge in [-0.2, -0.15) is 0 Å². The van der Waals surface area contributed by atoms with E-state index in [2.05, 4.69) is 43.7 Å². The Labute approximate surface area is 146 Å². The summed E-state index contributed by atoms with van der Waals surface area (Å²) in [4.78, 5) is 6.56. The van der Waals surface area contributed by atoms with Gasteiger partial charge in [0.15, 0.2) is 8.32 Å². The SMILES string of the molecule is CN(CCCO[Si](C)(C)C(C)(C)C)c1nccc2oc([B]O)cc12. The zero-order chi connectivity index (χ0) is 18.0. The molecule has 0 atom stereocenters. The predicted molar refractivity (Wildman–Crippen MR) is 103 cm³/mol. The van der Waals surface area contributed by atoms with Crippen molar-refractivity contribution < 1.29 is 13.9 Å². The van der Waals surface area contributed by atoms with Crippen LogP contribution in [0, 0.1) is 0 Å². The van der Waals surface area contributed by atoms with E-state index in [1.165, 1.54) is 0 Å². The van der Waals surface area contributed by atoms with E-state index in [4.69, 9.17) is 13.9 Å². The van der Waals surface area contributed by atoms with Crippen LogP contribution in [0.3, 0.4) is 0 Å². The number of hydrogen-bond donors (Lipinski definition) is 1. The normalized spacial score (nSPS) is 12.6. The zero-order valence-electron chi connectivity index (χ0n) is 15.6. The van der Waals surface area contributed by atoms with Gasteiger partial charge in [-0.1, -0.05) is 20.8 Å².